The van der Waals surface area contributed by atoms with Crippen molar-refractivity contribution in [2.75, 3.05) is 0 Å². The number of aromatic carboxylic acids is 1. The molecule has 0 amide bonds. The summed E-state index contributed by atoms with van der Waals surface area (Å²) in [5, 5.41) is 11.0. The Morgan fingerprint density at radius 1 is 0.964 bits per heavy atom. The van der Waals surface area contributed by atoms with E-state index in [1.165, 1.54) is 37.1 Å². The highest BCUT2D eigenvalue weighted by Gasteiger charge is 2.17. The van der Waals surface area contributed by atoms with E-state index in [0.717, 1.165) is 25.1 Å². The Kier molecular flexibility index (Phi) is 7.01. The molecule has 0 aliphatic heterocycles. The zero-order valence-corrected chi connectivity index (χ0v) is 16.5. The molecular formula is C24H28N2O2. The van der Waals surface area contributed by atoms with Crippen molar-refractivity contribution in [1.29, 1.82) is 0 Å². The Balaban J connectivity index is 1.79. The van der Waals surface area contributed by atoms with Crippen molar-refractivity contribution >= 4 is 5.97 Å². The summed E-state index contributed by atoms with van der Waals surface area (Å²) < 4.78 is 4.61. The summed E-state index contributed by atoms with van der Waals surface area (Å²) in [4.78, 5) is 11.0. The first kappa shape index (κ1) is 19.9. The summed E-state index contributed by atoms with van der Waals surface area (Å²) in [6.07, 6.45) is 10.2. The minimum Gasteiger partial charge on any atom is -0.545 e. The van der Waals surface area contributed by atoms with Gasteiger partial charge < -0.3 is 9.90 Å². The first-order chi connectivity index (χ1) is 13.7. The molecule has 1 aromatic heterocycles. The van der Waals surface area contributed by atoms with Crippen molar-refractivity contribution in [3.63, 3.8) is 0 Å². The van der Waals surface area contributed by atoms with E-state index in [1.54, 1.807) is 12.1 Å². The fraction of sp³-hybridized carbons (Fsp3) is 0.333. The van der Waals surface area contributed by atoms with Gasteiger partial charge >= 0.3 is 0 Å². The van der Waals surface area contributed by atoms with Gasteiger partial charge in [-0.3, -0.25) is 0 Å². The maximum atomic E-state index is 11.0. The molecule has 0 saturated carbocycles. The van der Waals surface area contributed by atoms with Crippen LogP contribution in [0.1, 0.15) is 59.9 Å². The highest BCUT2D eigenvalue weighted by atomic mass is 16.4. The number of rotatable bonds is 10. The van der Waals surface area contributed by atoms with E-state index in [4.69, 9.17) is 0 Å². The van der Waals surface area contributed by atoms with Crippen molar-refractivity contribution in [1.82, 2.24) is 4.57 Å². The molecule has 28 heavy (non-hydrogen) atoms. The van der Waals surface area contributed by atoms with E-state index in [0.29, 0.717) is 0 Å². The minimum absolute atomic E-state index is 0.218. The fourth-order valence-corrected chi connectivity index (χ4v) is 3.51. The Morgan fingerprint density at radius 2 is 1.71 bits per heavy atom. The summed E-state index contributed by atoms with van der Waals surface area (Å²) in [7, 11) is 0. The molecule has 0 spiro atoms. The Morgan fingerprint density at radius 3 is 2.39 bits per heavy atom. The molecule has 0 aliphatic rings. The van der Waals surface area contributed by atoms with Crippen LogP contribution < -0.4 is 9.67 Å². The van der Waals surface area contributed by atoms with E-state index in [2.05, 4.69) is 52.7 Å². The lowest BCUT2D eigenvalue weighted by Crippen LogP contribution is -2.38. The number of carboxylic acids is 1. The average molecular weight is 377 g/mol. The molecule has 0 bridgehead atoms. The second-order valence-corrected chi connectivity index (χ2v) is 7.25. The standard InChI is InChI=1S/C24H28N2O2/c1-2-3-4-8-11-23-25(18-20-9-6-5-7-10-20)16-17-26(23)19-21-12-14-22(15-13-21)24(27)28/h5-7,9-10,12-17H,2-4,8,11,18-19H2,1H3. The average Bonchev–Trinajstić information content (AvgIpc) is 3.07. The van der Waals surface area contributed by atoms with Crippen LogP contribution in [0.3, 0.4) is 0 Å². The molecule has 0 N–H and O–H groups in total. The van der Waals surface area contributed by atoms with Gasteiger partial charge in [0, 0.05) is 6.42 Å². The molecule has 0 fully saturated rings. The van der Waals surface area contributed by atoms with Gasteiger partial charge in [-0.1, -0.05) is 80.8 Å². The number of aromatic nitrogens is 2. The molecule has 4 heteroatoms. The van der Waals surface area contributed by atoms with Crippen molar-refractivity contribution in [2.45, 2.75) is 52.1 Å². The number of hydrogen-bond donors (Lipinski definition) is 0. The van der Waals surface area contributed by atoms with Crippen LogP contribution in [-0.4, -0.2) is 10.5 Å². The number of nitrogens with zero attached hydrogens (tertiary/aromatic N) is 2. The smallest absolute Gasteiger partial charge is 0.256 e. The predicted molar refractivity (Wildman–Crippen MR) is 108 cm³/mol. The number of imidazole rings is 1. The third-order valence-electron chi connectivity index (χ3n) is 5.08. The lowest BCUT2D eigenvalue weighted by molar-refractivity contribution is -0.695. The molecule has 0 radical (unpaired) electrons. The van der Waals surface area contributed by atoms with Crippen molar-refractivity contribution < 1.29 is 14.5 Å². The summed E-state index contributed by atoms with van der Waals surface area (Å²) in [5.74, 6) is 0.175. The molecule has 3 aromatic rings. The largest absolute Gasteiger partial charge is 0.545 e. The Hall–Kier alpha value is -2.88. The zero-order chi connectivity index (χ0) is 19.8. The Labute approximate surface area is 167 Å². The maximum absolute atomic E-state index is 11.0. The monoisotopic (exact) mass is 376 g/mol. The van der Waals surface area contributed by atoms with Crippen LogP contribution in [0.15, 0.2) is 67.0 Å². The summed E-state index contributed by atoms with van der Waals surface area (Å²) in [6.45, 7) is 3.83. The molecule has 0 atom stereocenters. The Bertz CT molecular complexity index is 883. The summed E-state index contributed by atoms with van der Waals surface area (Å²) in [5.41, 5.74) is 2.59. The van der Waals surface area contributed by atoms with Gasteiger partial charge in [-0.05, 0) is 23.1 Å². The molecule has 0 unspecified atom stereocenters. The number of carbonyl (C=O) groups excluding carboxylic acids is 1. The summed E-state index contributed by atoms with van der Waals surface area (Å²) in [6, 6.07) is 17.5. The van der Waals surface area contributed by atoms with E-state index in [9.17, 15) is 9.90 Å². The van der Waals surface area contributed by atoms with Crippen LogP contribution in [0.2, 0.25) is 0 Å². The van der Waals surface area contributed by atoms with Gasteiger partial charge in [0.25, 0.3) is 5.82 Å². The lowest BCUT2D eigenvalue weighted by Gasteiger charge is -2.07. The van der Waals surface area contributed by atoms with Crippen LogP contribution in [0, 0.1) is 0 Å². The first-order valence-electron chi connectivity index (χ1n) is 10.1. The first-order valence-corrected chi connectivity index (χ1v) is 10.1. The molecule has 146 valence electrons. The van der Waals surface area contributed by atoms with E-state index < -0.39 is 5.97 Å². The van der Waals surface area contributed by atoms with E-state index in [-0.39, 0.29) is 5.56 Å². The number of hydrogen-bond acceptors (Lipinski definition) is 2. The zero-order valence-electron chi connectivity index (χ0n) is 16.5. The number of carboxylic acid groups (broad SMARTS) is 1. The van der Waals surface area contributed by atoms with Gasteiger partial charge in [-0.2, -0.15) is 0 Å². The van der Waals surface area contributed by atoms with Gasteiger partial charge in [0.1, 0.15) is 25.5 Å². The van der Waals surface area contributed by atoms with Crippen LogP contribution in [-0.2, 0) is 19.5 Å². The molecule has 0 saturated heterocycles. The maximum Gasteiger partial charge on any atom is 0.256 e. The summed E-state index contributed by atoms with van der Waals surface area (Å²) >= 11 is 0. The quantitative estimate of drug-likeness (QED) is 0.402. The van der Waals surface area contributed by atoms with Crippen LogP contribution in [0.5, 0.6) is 0 Å². The molecule has 4 nitrogen and oxygen atoms in total. The highest BCUT2D eigenvalue weighted by Crippen LogP contribution is 2.11. The SMILES string of the molecule is CCCCCCc1n(Cc2ccc(C(=O)[O-])cc2)cc[n+]1Cc1ccccc1. The molecule has 2 aromatic carbocycles. The number of unbranched alkanes of at least 4 members (excludes halogenated alkanes) is 3. The minimum atomic E-state index is -1.13. The van der Waals surface area contributed by atoms with Crippen LogP contribution in [0.4, 0.5) is 0 Å². The third-order valence-corrected chi connectivity index (χ3v) is 5.08. The molecular weight excluding hydrogens is 348 g/mol. The lowest BCUT2D eigenvalue weighted by atomic mass is 10.1. The van der Waals surface area contributed by atoms with Gasteiger partial charge in [0.2, 0.25) is 0 Å². The molecule has 3 rings (SSSR count). The second kappa shape index (κ2) is 9.88. The number of benzene rings is 2. The van der Waals surface area contributed by atoms with Crippen molar-refractivity contribution in [3.8, 4) is 0 Å². The third kappa shape index (κ3) is 5.32. The van der Waals surface area contributed by atoms with Gasteiger partial charge in [0.05, 0.1) is 5.97 Å². The van der Waals surface area contributed by atoms with Gasteiger partial charge in [-0.15, -0.1) is 0 Å². The highest BCUT2D eigenvalue weighted by molar-refractivity contribution is 5.85. The van der Waals surface area contributed by atoms with E-state index >= 15 is 0 Å². The van der Waals surface area contributed by atoms with Crippen molar-refractivity contribution in [2.24, 2.45) is 0 Å². The molecule has 1 heterocycles. The normalized spacial score (nSPS) is 10.9. The second-order valence-electron chi connectivity index (χ2n) is 7.25. The fourth-order valence-electron chi connectivity index (χ4n) is 3.51. The van der Waals surface area contributed by atoms with Gasteiger partial charge in [-0.25, -0.2) is 9.13 Å². The van der Waals surface area contributed by atoms with E-state index in [1.807, 2.05) is 18.2 Å². The molecule has 0 aliphatic carbocycles. The van der Waals surface area contributed by atoms with Crippen molar-refractivity contribution in [3.05, 3.63) is 89.5 Å². The van der Waals surface area contributed by atoms with Crippen LogP contribution >= 0.6 is 0 Å². The number of carbonyl (C=O) groups is 1. The topological polar surface area (TPSA) is 48.9 Å². The van der Waals surface area contributed by atoms with Crippen LogP contribution in [0.25, 0.3) is 0 Å². The predicted octanol–water partition coefficient (Wildman–Crippen LogP) is 3.36. The van der Waals surface area contributed by atoms with Gasteiger partial charge in [0.15, 0.2) is 0 Å².